The molecule has 3 rings (SSSR count). The number of rotatable bonds is 4. The van der Waals surface area contributed by atoms with Crippen molar-refractivity contribution in [3.63, 3.8) is 0 Å². The van der Waals surface area contributed by atoms with Crippen LogP contribution in [0.2, 0.25) is 0 Å². The molecule has 0 amide bonds. The van der Waals surface area contributed by atoms with Crippen molar-refractivity contribution in [3.05, 3.63) is 73.0 Å². The molecule has 9 nitrogen and oxygen atoms in total. The van der Waals surface area contributed by atoms with E-state index in [1.54, 1.807) is 22.9 Å². The number of hydrogen-bond donors (Lipinski definition) is 0. The first-order valence-electron chi connectivity index (χ1n) is 6.99. The highest BCUT2D eigenvalue weighted by Gasteiger charge is 2.20. The summed E-state index contributed by atoms with van der Waals surface area (Å²) in [5, 5.41) is 11.1. The summed E-state index contributed by atoms with van der Waals surface area (Å²) in [6.45, 7) is -0.0240. The van der Waals surface area contributed by atoms with Crippen LogP contribution in [0.3, 0.4) is 0 Å². The Bertz CT molecular complexity index is 1060. The molecule has 3 aromatic heterocycles. The van der Waals surface area contributed by atoms with Crippen LogP contribution in [0.1, 0.15) is 16.1 Å². The molecule has 0 unspecified atom stereocenters. The molecule has 0 aliphatic rings. The minimum absolute atomic E-state index is 0.0240. The van der Waals surface area contributed by atoms with E-state index in [0.29, 0.717) is 11.3 Å². The Balaban J connectivity index is 2.08. The Morgan fingerprint density at radius 2 is 2.12 bits per heavy atom. The number of pyridine rings is 2. The maximum atomic E-state index is 12.3. The molecule has 25 heavy (non-hydrogen) atoms. The summed E-state index contributed by atoms with van der Waals surface area (Å²) < 4.78 is 8.25. The van der Waals surface area contributed by atoms with E-state index < -0.39 is 22.1 Å². The lowest BCUT2D eigenvalue weighted by atomic mass is 10.2. The second kappa shape index (κ2) is 6.48. The molecule has 0 aliphatic heterocycles. The maximum Gasteiger partial charge on any atom is 0.339 e. The summed E-state index contributed by atoms with van der Waals surface area (Å²) in [7, 11) is 1.16. The standard InChI is InChI=1S/C15H11BrN4O5/c1-25-15(22)9-4-12(20(23)24)14(21)19(5-9)8-11-7-18-6-10(16)2-3-13(18)17-11/h2-7H,8H2,1H3. The third kappa shape index (κ3) is 3.29. The van der Waals surface area contributed by atoms with E-state index in [1.807, 2.05) is 6.07 Å². The van der Waals surface area contributed by atoms with Gasteiger partial charge in [0, 0.05) is 29.1 Å². The smallest absolute Gasteiger partial charge is 0.339 e. The van der Waals surface area contributed by atoms with Crippen molar-refractivity contribution < 1.29 is 14.5 Å². The van der Waals surface area contributed by atoms with Crippen molar-refractivity contribution >= 4 is 33.2 Å². The molecule has 3 aromatic rings. The van der Waals surface area contributed by atoms with Crippen molar-refractivity contribution in [3.8, 4) is 0 Å². The number of fused-ring (bicyclic) bond motifs is 1. The number of aromatic nitrogens is 3. The number of nitrogens with zero attached hydrogens (tertiary/aromatic N) is 4. The van der Waals surface area contributed by atoms with Gasteiger partial charge in [-0.15, -0.1) is 0 Å². The third-order valence-electron chi connectivity index (χ3n) is 3.48. The molecule has 0 radical (unpaired) electrons. The van der Waals surface area contributed by atoms with E-state index in [2.05, 4.69) is 25.7 Å². The van der Waals surface area contributed by atoms with Crippen molar-refractivity contribution in [2.75, 3.05) is 7.11 Å². The quantitative estimate of drug-likeness (QED) is 0.372. The molecule has 0 atom stereocenters. The van der Waals surface area contributed by atoms with Crippen molar-refractivity contribution in [1.29, 1.82) is 0 Å². The second-order valence-corrected chi connectivity index (χ2v) is 6.06. The molecule has 0 N–H and O–H groups in total. The zero-order valence-electron chi connectivity index (χ0n) is 12.9. The van der Waals surface area contributed by atoms with Crippen molar-refractivity contribution in [2.24, 2.45) is 0 Å². The number of ether oxygens (including phenoxy) is 1. The number of halogens is 1. The highest BCUT2D eigenvalue weighted by atomic mass is 79.9. The zero-order valence-corrected chi connectivity index (χ0v) is 14.5. The predicted molar refractivity (Wildman–Crippen MR) is 90.7 cm³/mol. The fourth-order valence-corrected chi connectivity index (χ4v) is 2.72. The molecule has 0 fully saturated rings. The minimum Gasteiger partial charge on any atom is -0.465 e. The van der Waals surface area contributed by atoms with Crippen LogP contribution in [0, 0.1) is 10.1 Å². The van der Waals surface area contributed by atoms with Crippen molar-refractivity contribution in [2.45, 2.75) is 6.54 Å². The van der Waals surface area contributed by atoms with Gasteiger partial charge in [-0.2, -0.15) is 0 Å². The molecule has 128 valence electrons. The molecule has 10 heteroatoms. The van der Waals surface area contributed by atoms with Gasteiger partial charge in [-0.25, -0.2) is 9.78 Å². The number of carbonyl (C=O) groups excluding carboxylic acids is 1. The highest BCUT2D eigenvalue weighted by molar-refractivity contribution is 9.10. The molecule has 0 aromatic carbocycles. The maximum absolute atomic E-state index is 12.3. The van der Waals surface area contributed by atoms with Gasteiger partial charge in [-0.3, -0.25) is 14.9 Å². The SMILES string of the molecule is COC(=O)c1cc([N+](=O)[O-])c(=O)n(Cc2cn3cc(Br)ccc3n2)c1. The van der Waals surface area contributed by atoms with Gasteiger partial charge in [0.15, 0.2) is 0 Å². The summed E-state index contributed by atoms with van der Waals surface area (Å²) in [6, 6.07) is 4.51. The van der Waals surface area contributed by atoms with Crippen molar-refractivity contribution in [1.82, 2.24) is 14.0 Å². The monoisotopic (exact) mass is 406 g/mol. The van der Waals surface area contributed by atoms with E-state index in [1.165, 1.54) is 6.20 Å². The Hall–Kier alpha value is -3.01. The van der Waals surface area contributed by atoms with Gasteiger partial charge in [0.1, 0.15) is 5.65 Å². The van der Waals surface area contributed by atoms with E-state index in [9.17, 15) is 19.7 Å². The van der Waals surface area contributed by atoms with Crippen LogP contribution in [0.4, 0.5) is 5.69 Å². The number of esters is 1. The minimum atomic E-state index is -0.827. The first-order valence-corrected chi connectivity index (χ1v) is 7.78. The Kier molecular flexibility index (Phi) is 4.36. The largest absolute Gasteiger partial charge is 0.465 e. The average Bonchev–Trinajstić information content (AvgIpc) is 2.97. The lowest BCUT2D eigenvalue weighted by molar-refractivity contribution is -0.386. The van der Waals surface area contributed by atoms with E-state index in [-0.39, 0.29) is 12.1 Å². The van der Waals surface area contributed by atoms with Gasteiger partial charge in [0.2, 0.25) is 0 Å². The van der Waals surface area contributed by atoms with Crippen LogP contribution in [-0.4, -0.2) is 32.0 Å². The zero-order chi connectivity index (χ0) is 18.1. The van der Waals surface area contributed by atoms with E-state index in [4.69, 9.17) is 0 Å². The fraction of sp³-hybridized carbons (Fsp3) is 0.133. The van der Waals surface area contributed by atoms with Crippen LogP contribution >= 0.6 is 15.9 Å². The number of carbonyl (C=O) groups is 1. The van der Waals surface area contributed by atoms with Gasteiger partial charge in [-0.1, -0.05) is 0 Å². The summed E-state index contributed by atoms with van der Waals surface area (Å²) in [5.41, 5.74) is -0.438. The van der Waals surface area contributed by atoms with Crippen LogP contribution < -0.4 is 5.56 Å². The summed E-state index contributed by atoms with van der Waals surface area (Å²) in [6.07, 6.45) is 4.71. The van der Waals surface area contributed by atoms with E-state index in [0.717, 1.165) is 22.2 Å². The first kappa shape index (κ1) is 16.8. The lowest BCUT2D eigenvalue weighted by Gasteiger charge is -2.06. The van der Waals surface area contributed by atoms with Crippen LogP contribution in [0.5, 0.6) is 0 Å². The summed E-state index contributed by atoms with van der Waals surface area (Å²) >= 11 is 3.35. The second-order valence-electron chi connectivity index (χ2n) is 5.14. The molecule has 0 spiro atoms. The van der Waals surface area contributed by atoms with Gasteiger partial charge >= 0.3 is 17.2 Å². The molecular formula is C15H11BrN4O5. The van der Waals surface area contributed by atoms with Gasteiger partial charge < -0.3 is 13.7 Å². The molecule has 0 aliphatic carbocycles. The summed E-state index contributed by atoms with van der Waals surface area (Å²) in [4.78, 5) is 38.6. The van der Waals surface area contributed by atoms with E-state index >= 15 is 0 Å². The van der Waals surface area contributed by atoms with Gasteiger partial charge in [0.25, 0.3) is 0 Å². The number of methoxy groups -OCH3 is 1. The molecule has 0 saturated heterocycles. The topological polar surface area (TPSA) is 109 Å². The van der Waals surface area contributed by atoms with Crippen LogP contribution in [0.15, 0.2) is 46.1 Å². The summed E-state index contributed by atoms with van der Waals surface area (Å²) in [5.74, 6) is -0.768. The Labute approximate surface area is 148 Å². The Morgan fingerprint density at radius 1 is 1.36 bits per heavy atom. The van der Waals surface area contributed by atoms with Gasteiger partial charge in [-0.05, 0) is 28.1 Å². The third-order valence-corrected chi connectivity index (χ3v) is 3.95. The number of nitro groups is 1. The molecule has 3 heterocycles. The molecule has 0 saturated carbocycles. The predicted octanol–water partition coefficient (Wildman–Crippen LogP) is 2.00. The van der Waals surface area contributed by atoms with Gasteiger partial charge in [0.05, 0.1) is 29.8 Å². The lowest BCUT2D eigenvalue weighted by Crippen LogP contribution is -2.24. The number of hydrogen-bond acceptors (Lipinski definition) is 6. The number of imidazole rings is 1. The average molecular weight is 407 g/mol. The van der Waals surface area contributed by atoms with Crippen LogP contribution in [0.25, 0.3) is 5.65 Å². The normalized spacial score (nSPS) is 10.8. The van der Waals surface area contributed by atoms with Crippen LogP contribution in [-0.2, 0) is 11.3 Å². The highest BCUT2D eigenvalue weighted by Crippen LogP contribution is 2.14. The molecule has 0 bridgehead atoms. The molecular weight excluding hydrogens is 396 g/mol. The Morgan fingerprint density at radius 3 is 2.80 bits per heavy atom. The first-order chi connectivity index (χ1) is 11.9. The fourth-order valence-electron chi connectivity index (χ4n) is 2.37.